The summed E-state index contributed by atoms with van der Waals surface area (Å²) in [6.07, 6.45) is 1.60. The second kappa shape index (κ2) is 11.7. The average molecular weight is 494 g/mol. The smallest absolute Gasteiger partial charge is 0.250 e. The van der Waals surface area contributed by atoms with E-state index in [1.807, 2.05) is 84.2 Å². The highest BCUT2D eigenvalue weighted by molar-refractivity contribution is 8.01. The molecule has 0 atom stereocenters. The maximum atomic E-state index is 12.1. The SMILES string of the molecule is O=C(CSc1nc(-c2ccc(Cl)cc2)cs1)N/N=C/c1ccc(OCc2ccccc2)cc1. The van der Waals surface area contributed by atoms with Crippen LogP contribution in [0.2, 0.25) is 5.02 Å². The molecule has 4 rings (SSSR count). The summed E-state index contributed by atoms with van der Waals surface area (Å²) in [6, 6.07) is 25.0. The first-order valence-corrected chi connectivity index (χ1v) is 12.3. The Balaban J connectivity index is 1.20. The lowest BCUT2D eigenvalue weighted by atomic mass is 10.2. The molecule has 1 N–H and O–H groups in total. The molecular weight excluding hydrogens is 474 g/mol. The Hall–Kier alpha value is -3.13. The van der Waals surface area contributed by atoms with Gasteiger partial charge in [-0.3, -0.25) is 4.79 Å². The van der Waals surface area contributed by atoms with E-state index in [0.29, 0.717) is 11.6 Å². The van der Waals surface area contributed by atoms with Gasteiger partial charge in [-0.1, -0.05) is 65.8 Å². The van der Waals surface area contributed by atoms with E-state index in [4.69, 9.17) is 16.3 Å². The van der Waals surface area contributed by atoms with Crippen LogP contribution in [0, 0.1) is 0 Å². The fourth-order valence-electron chi connectivity index (χ4n) is 2.81. The zero-order chi connectivity index (χ0) is 22.9. The molecule has 166 valence electrons. The molecule has 0 aliphatic heterocycles. The number of hydrogen-bond acceptors (Lipinski definition) is 6. The second-order valence-electron chi connectivity index (χ2n) is 6.93. The predicted octanol–water partition coefficient (Wildman–Crippen LogP) is 6.28. The van der Waals surface area contributed by atoms with Crippen LogP contribution in [0.25, 0.3) is 11.3 Å². The van der Waals surface area contributed by atoms with Crippen LogP contribution < -0.4 is 10.2 Å². The van der Waals surface area contributed by atoms with Crippen molar-refractivity contribution >= 4 is 46.8 Å². The molecule has 33 heavy (non-hydrogen) atoms. The lowest BCUT2D eigenvalue weighted by molar-refractivity contribution is -0.118. The molecular formula is C25H20ClN3O2S2. The zero-order valence-corrected chi connectivity index (χ0v) is 19.9. The third-order valence-electron chi connectivity index (χ3n) is 4.48. The van der Waals surface area contributed by atoms with Crippen LogP contribution in [0.15, 0.2) is 93.7 Å². The molecule has 3 aromatic carbocycles. The molecule has 0 radical (unpaired) electrons. The average Bonchev–Trinajstić information content (AvgIpc) is 3.32. The largest absolute Gasteiger partial charge is 0.489 e. The van der Waals surface area contributed by atoms with E-state index in [9.17, 15) is 4.79 Å². The van der Waals surface area contributed by atoms with Crippen molar-refractivity contribution in [3.63, 3.8) is 0 Å². The topological polar surface area (TPSA) is 63.6 Å². The molecule has 0 spiro atoms. The van der Waals surface area contributed by atoms with Crippen molar-refractivity contribution in [3.05, 3.63) is 100 Å². The first-order chi connectivity index (χ1) is 16.2. The summed E-state index contributed by atoms with van der Waals surface area (Å²) >= 11 is 8.81. The first kappa shape index (κ1) is 23.0. The van der Waals surface area contributed by atoms with Crippen molar-refractivity contribution in [2.75, 3.05) is 5.75 Å². The van der Waals surface area contributed by atoms with Crippen LogP contribution in [0.4, 0.5) is 0 Å². The Morgan fingerprint density at radius 3 is 2.58 bits per heavy atom. The van der Waals surface area contributed by atoms with Crippen LogP contribution in [-0.4, -0.2) is 22.9 Å². The Bertz CT molecular complexity index is 1210. The maximum Gasteiger partial charge on any atom is 0.250 e. The van der Waals surface area contributed by atoms with Gasteiger partial charge in [-0.25, -0.2) is 10.4 Å². The van der Waals surface area contributed by atoms with E-state index in [-0.39, 0.29) is 11.7 Å². The fourth-order valence-corrected chi connectivity index (χ4v) is 4.56. The van der Waals surface area contributed by atoms with Gasteiger partial charge in [-0.15, -0.1) is 11.3 Å². The minimum atomic E-state index is -0.192. The molecule has 0 aliphatic rings. The summed E-state index contributed by atoms with van der Waals surface area (Å²) in [5.74, 6) is 0.817. The number of nitrogens with one attached hydrogen (secondary N) is 1. The Morgan fingerprint density at radius 1 is 1.06 bits per heavy atom. The van der Waals surface area contributed by atoms with Gasteiger partial charge in [0.05, 0.1) is 17.7 Å². The van der Waals surface area contributed by atoms with Crippen molar-refractivity contribution in [2.45, 2.75) is 10.9 Å². The van der Waals surface area contributed by atoms with Gasteiger partial charge in [0.1, 0.15) is 12.4 Å². The summed E-state index contributed by atoms with van der Waals surface area (Å²) in [6.45, 7) is 0.516. The Labute approximate surface area is 205 Å². The van der Waals surface area contributed by atoms with E-state index >= 15 is 0 Å². The molecule has 0 aliphatic carbocycles. The maximum absolute atomic E-state index is 12.1. The van der Waals surface area contributed by atoms with Crippen LogP contribution >= 0.6 is 34.7 Å². The number of hydrazone groups is 1. The predicted molar refractivity (Wildman–Crippen MR) is 136 cm³/mol. The van der Waals surface area contributed by atoms with Gasteiger partial charge >= 0.3 is 0 Å². The van der Waals surface area contributed by atoms with Gasteiger partial charge < -0.3 is 4.74 Å². The highest BCUT2D eigenvalue weighted by Gasteiger charge is 2.08. The summed E-state index contributed by atoms with van der Waals surface area (Å²) < 4.78 is 6.60. The van der Waals surface area contributed by atoms with Gasteiger partial charge in [0, 0.05) is 16.0 Å². The number of carbonyl (C=O) groups is 1. The van der Waals surface area contributed by atoms with Gasteiger partial charge in [0.25, 0.3) is 5.91 Å². The molecule has 0 fully saturated rings. The van der Waals surface area contributed by atoms with Crippen LogP contribution in [0.5, 0.6) is 5.75 Å². The number of hydrogen-bond donors (Lipinski definition) is 1. The molecule has 4 aromatic rings. The summed E-state index contributed by atoms with van der Waals surface area (Å²) in [7, 11) is 0. The van der Waals surface area contributed by atoms with E-state index in [1.54, 1.807) is 6.21 Å². The quantitative estimate of drug-likeness (QED) is 0.169. The van der Waals surface area contributed by atoms with Crippen LogP contribution in [0.3, 0.4) is 0 Å². The summed E-state index contributed by atoms with van der Waals surface area (Å²) in [4.78, 5) is 16.7. The zero-order valence-electron chi connectivity index (χ0n) is 17.5. The van der Waals surface area contributed by atoms with E-state index in [0.717, 1.165) is 32.5 Å². The first-order valence-electron chi connectivity index (χ1n) is 10.1. The van der Waals surface area contributed by atoms with E-state index in [1.165, 1.54) is 23.1 Å². The van der Waals surface area contributed by atoms with E-state index < -0.39 is 0 Å². The highest BCUT2D eigenvalue weighted by atomic mass is 35.5. The van der Waals surface area contributed by atoms with Crippen molar-refractivity contribution in [1.82, 2.24) is 10.4 Å². The number of thiazole rings is 1. The molecule has 1 aromatic heterocycles. The van der Waals surface area contributed by atoms with Gasteiger partial charge in [0.15, 0.2) is 4.34 Å². The minimum absolute atomic E-state index is 0.192. The lowest BCUT2D eigenvalue weighted by Crippen LogP contribution is -2.19. The third-order valence-corrected chi connectivity index (χ3v) is 6.75. The van der Waals surface area contributed by atoms with Gasteiger partial charge in [0.2, 0.25) is 0 Å². The normalized spacial score (nSPS) is 10.9. The molecule has 1 amide bonds. The van der Waals surface area contributed by atoms with Gasteiger partial charge in [-0.2, -0.15) is 5.10 Å². The number of amides is 1. The number of nitrogens with zero attached hydrogens (tertiary/aromatic N) is 2. The third kappa shape index (κ3) is 7.18. The Morgan fingerprint density at radius 2 is 1.82 bits per heavy atom. The summed E-state index contributed by atoms with van der Waals surface area (Å²) in [5.41, 5.74) is 6.39. The monoisotopic (exact) mass is 493 g/mol. The molecule has 0 saturated carbocycles. The number of halogens is 1. The van der Waals surface area contributed by atoms with Crippen molar-refractivity contribution in [1.29, 1.82) is 0 Å². The summed E-state index contributed by atoms with van der Waals surface area (Å²) in [5, 5.41) is 6.69. The number of carbonyl (C=O) groups excluding carboxylic acids is 1. The molecule has 0 saturated heterocycles. The number of thioether (sulfide) groups is 1. The number of benzene rings is 3. The van der Waals surface area contributed by atoms with E-state index in [2.05, 4.69) is 15.5 Å². The second-order valence-corrected chi connectivity index (χ2v) is 9.45. The fraction of sp³-hybridized carbons (Fsp3) is 0.0800. The lowest BCUT2D eigenvalue weighted by Gasteiger charge is -2.06. The number of aromatic nitrogens is 1. The van der Waals surface area contributed by atoms with Gasteiger partial charge in [-0.05, 0) is 47.5 Å². The standard InChI is InChI=1S/C25H20ClN3O2S2/c26-21-10-8-20(9-11-21)23-16-32-25(28-23)33-17-24(30)29-27-14-18-6-12-22(13-7-18)31-15-19-4-2-1-3-5-19/h1-14,16H,15,17H2,(H,29,30)/b27-14+. The van der Waals surface area contributed by atoms with Crippen molar-refractivity contribution < 1.29 is 9.53 Å². The van der Waals surface area contributed by atoms with Crippen LogP contribution in [-0.2, 0) is 11.4 Å². The molecule has 0 unspecified atom stereocenters. The van der Waals surface area contributed by atoms with Crippen molar-refractivity contribution in [2.24, 2.45) is 5.10 Å². The van der Waals surface area contributed by atoms with Crippen LogP contribution in [0.1, 0.15) is 11.1 Å². The molecule has 5 nitrogen and oxygen atoms in total. The number of ether oxygens (including phenoxy) is 1. The molecule has 8 heteroatoms. The molecule has 1 heterocycles. The number of rotatable bonds is 9. The minimum Gasteiger partial charge on any atom is -0.489 e. The van der Waals surface area contributed by atoms with Crippen molar-refractivity contribution in [3.8, 4) is 17.0 Å². The highest BCUT2D eigenvalue weighted by Crippen LogP contribution is 2.28. The Kier molecular flexibility index (Phi) is 8.14. The molecule has 0 bridgehead atoms.